The number of thiophene rings is 1. The maximum atomic E-state index is 6.03. The van der Waals surface area contributed by atoms with Crippen molar-refractivity contribution in [2.45, 2.75) is 38.5 Å². The van der Waals surface area contributed by atoms with E-state index in [4.69, 9.17) is 5.73 Å². The van der Waals surface area contributed by atoms with Crippen molar-refractivity contribution in [1.82, 2.24) is 15.2 Å². The Morgan fingerprint density at radius 1 is 1.32 bits per heavy atom. The van der Waals surface area contributed by atoms with Crippen LogP contribution in [0.25, 0.3) is 10.7 Å². The number of aromatic nitrogens is 3. The zero-order chi connectivity index (χ0) is 13.1. The molecule has 0 atom stereocenters. The van der Waals surface area contributed by atoms with Gasteiger partial charge in [-0.15, -0.1) is 11.3 Å². The van der Waals surface area contributed by atoms with Crippen LogP contribution in [0.4, 0.5) is 0 Å². The molecule has 1 aliphatic carbocycles. The molecule has 0 radical (unpaired) electrons. The highest BCUT2D eigenvalue weighted by Crippen LogP contribution is 2.37. The highest BCUT2D eigenvalue weighted by atomic mass is 32.1. The Balaban J connectivity index is 1.76. The molecule has 1 saturated carbocycles. The van der Waals surface area contributed by atoms with Gasteiger partial charge < -0.3 is 5.73 Å². The molecule has 19 heavy (non-hydrogen) atoms. The molecule has 2 heterocycles. The molecule has 0 spiro atoms. The monoisotopic (exact) mass is 276 g/mol. The number of nitrogens with zero attached hydrogens (tertiary/aromatic N) is 2. The van der Waals surface area contributed by atoms with Crippen LogP contribution >= 0.6 is 11.3 Å². The molecule has 4 nitrogen and oxygen atoms in total. The second kappa shape index (κ2) is 5.43. The summed E-state index contributed by atoms with van der Waals surface area (Å²) >= 11 is 1.67. The number of hydrogen-bond donors (Lipinski definition) is 2. The highest BCUT2D eigenvalue weighted by Gasteiger charge is 2.32. The van der Waals surface area contributed by atoms with Gasteiger partial charge in [-0.3, -0.25) is 5.10 Å². The van der Waals surface area contributed by atoms with Gasteiger partial charge in [0.15, 0.2) is 5.82 Å². The van der Waals surface area contributed by atoms with Gasteiger partial charge in [0.05, 0.1) is 4.88 Å². The summed E-state index contributed by atoms with van der Waals surface area (Å²) in [7, 11) is 0. The molecule has 0 saturated heterocycles. The predicted molar refractivity (Wildman–Crippen MR) is 78.0 cm³/mol. The van der Waals surface area contributed by atoms with Gasteiger partial charge in [-0.25, -0.2) is 4.98 Å². The largest absolute Gasteiger partial charge is 0.330 e. The van der Waals surface area contributed by atoms with Crippen LogP contribution in [0.5, 0.6) is 0 Å². The normalized spacial score (nSPS) is 18.6. The summed E-state index contributed by atoms with van der Waals surface area (Å²) in [6.07, 6.45) is 7.31. The van der Waals surface area contributed by atoms with Crippen molar-refractivity contribution in [1.29, 1.82) is 0 Å². The predicted octanol–water partition coefficient (Wildman–Crippen LogP) is 2.98. The van der Waals surface area contributed by atoms with Gasteiger partial charge in [0.2, 0.25) is 0 Å². The van der Waals surface area contributed by atoms with Gasteiger partial charge in [-0.1, -0.05) is 25.3 Å². The Morgan fingerprint density at radius 3 is 2.84 bits per heavy atom. The topological polar surface area (TPSA) is 67.6 Å². The SMILES string of the molecule is NCC1(Cc2nc(-c3cccs3)n[nH]2)CCCCC1. The minimum Gasteiger partial charge on any atom is -0.330 e. The average molecular weight is 276 g/mol. The summed E-state index contributed by atoms with van der Waals surface area (Å²) in [5, 5.41) is 9.46. The third kappa shape index (κ3) is 2.72. The van der Waals surface area contributed by atoms with Crippen LogP contribution in [0.3, 0.4) is 0 Å². The van der Waals surface area contributed by atoms with Gasteiger partial charge in [0, 0.05) is 6.42 Å². The lowest BCUT2D eigenvalue weighted by Gasteiger charge is -2.35. The molecule has 3 rings (SSSR count). The van der Waals surface area contributed by atoms with Gasteiger partial charge >= 0.3 is 0 Å². The molecule has 2 aromatic rings. The number of aromatic amines is 1. The van der Waals surface area contributed by atoms with E-state index in [1.807, 2.05) is 11.4 Å². The molecular weight excluding hydrogens is 256 g/mol. The van der Waals surface area contributed by atoms with Crippen molar-refractivity contribution in [3.8, 4) is 10.7 Å². The molecule has 5 heteroatoms. The number of H-pyrrole nitrogens is 1. The summed E-state index contributed by atoms with van der Waals surface area (Å²) in [6, 6.07) is 4.08. The number of rotatable bonds is 4. The summed E-state index contributed by atoms with van der Waals surface area (Å²) < 4.78 is 0. The standard InChI is InChI=1S/C14H20N4S/c15-10-14(6-2-1-3-7-14)9-12-16-13(18-17-12)11-5-4-8-19-11/h4-5,8H,1-3,6-7,9-10,15H2,(H,16,17,18). The van der Waals surface area contributed by atoms with Crippen molar-refractivity contribution < 1.29 is 0 Å². The quantitative estimate of drug-likeness (QED) is 0.902. The highest BCUT2D eigenvalue weighted by molar-refractivity contribution is 7.13. The zero-order valence-electron chi connectivity index (χ0n) is 11.1. The lowest BCUT2D eigenvalue weighted by molar-refractivity contribution is 0.194. The van der Waals surface area contributed by atoms with E-state index in [9.17, 15) is 0 Å². The summed E-state index contributed by atoms with van der Waals surface area (Å²) in [4.78, 5) is 5.75. The van der Waals surface area contributed by atoms with Crippen LogP contribution in [0.1, 0.15) is 37.9 Å². The molecule has 0 amide bonds. The van der Waals surface area contributed by atoms with E-state index in [1.54, 1.807) is 11.3 Å². The molecule has 3 N–H and O–H groups in total. The third-order valence-corrected chi connectivity index (χ3v) is 5.03. The second-order valence-electron chi connectivity index (χ2n) is 5.52. The molecule has 1 aliphatic rings. The Kier molecular flexibility index (Phi) is 3.66. The van der Waals surface area contributed by atoms with Crippen molar-refractivity contribution in [3.05, 3.63) is 23.3 Å². The molecular formula is C14H20N4S. The Bertz CT molecular complexity index is 511. The first kappa shape index (κ1) is 12.8. The molecule has 0 aliphatic heterocycles. The molecule has 0 unspecified atom stereocenters. The fourth-order valence-corrected chi connectivity index (χ4v) is 3.66. The minimum absolute atomic E-state index is 0.241. The maximum Gasteiger partial charge on any atom is 0.191 e. The van der Waals surface area contributed by atoms with E-state index >= 15 is 0 Å². The van der Waals surface area contributed by atoms with Crippen LogP contribution in [-0.4, -0.2) is 21.7 Å². The second-order valence-corrected chi connectivity index (χ2v) is 6.47. The number of nitrogens with one attached hydrogen (secondary N) is 1. The van der Waals surface area contributed by atoms with Gasteiger partial charge in [0.25, 0.3) is 0 Å². The Morgan fingerprint density at radius 2 is 2.16 bits per heavy atom. The molecule has 2 aromatic heterocycles. The lowest BCUT2D eigenvalue weighted by Crippen LogP contribution is -2.35. The molecule has 0 aromatic carbocycles. The van der Waals surface area contributed by atoms with Crippen LogP contribution in [0.2, 0.25) is 0 Å². The van der Waals surface area contributed by atoms with Crippen molar-refractivity contribution >= 4 is 11.3 Å². The minimum atomic E-state index is 0.241. The van der Waals surface area contributed by atoms with Crippen LogP contribution in [-0.2, 0) is 6.42 Å². The smallest absolute Gasteiger partial charge is 0.191 e. The van der Waals surface area contributed by atoms with Crippen LogP contribution < -0.4 is 5.73 Å². The first-order valence-electron chi connectivity index (χ1n) is 6.97. The van der Waals surface area contributed by atoms with E-state index in [0.717, 1.165) is 29.5 Å². The van der Waals surface area contributed by atoms with Crippen molar-refractivity contribution in [2.24, 2.45) is 11.1 Å². The fraction of sp³-hybridized carbons (Fsp3) is 0.571. The van der Waals surface area contributed by atoms with Crippen molar-refractivity contribution in [2.75, 3.05) is 6.54 Å². The summed E-state index contributed by atoms with van der Waals surface area (Å²) in [5.74, 6) is 1.80. The first-order valence-corrected chi connectivity index (χ1v) is 7.85. The lowest BCUT2D eigenvalue weighted by atomic mass is 9.72. The molecule has 1 fully saturated rings. The number of nitrogens with two attached hydrogens (primary N) is 1. The van der Waals surface area contributed by atoms with E-state index in [2.05, 4.69) is 21.2 Å². The zero-order valence-corrected chi connectivity index (χ0v) is 11.9. The van der Waals surface area contributed by atoms with E-state index < -0.39 is 0 Å². The molecule has 0 bridgehead atoms. The van der Waals surface area contributed by atoms with Crippen LogP contribution in [0, 0.1) is 5.41 Å². The van der Waals surface area contributed by atoms with Crippen LogP contribution in [0.15, 0.2) is 17.5 Å². The first-order chi connectivity index (χ1) is 9.31. The number of hydrogen-bond acceptors (Lipinski definition) is 4. The Hall–Kier alpha value is -1.20. The summed E-state index contributed by atoms with van der Waals surface area (Å²) in [5.41, 5.74) is 6.27. The van der Waals surface area contributed by atoms with Crippen molar-refractivity contribution in [3.63, 3.8) is 0 Å². The molecule has 102 valence electrons. The van der Waals surface area contributed by atoms with Gasteiger partial charge in [-0.05, 0) is 36.2 Å². The van der Waals surface area contributed by atoms with E-state index in [0.29, 0.717) is 0 Å². The maximum absolute atomic E-state index is 6.03. The Labute approximate surface area is 117 Å². The fourth-order valence-electron chi connectivity index (χ4n) is 3.00. The van der Waals surface area contributed by atoms with Gasteiger partial charge in [-0.2, -0.15) is 5.10 Å². The van der Waals surface area contributed by atoms with E-state index in [1.165, 1.54) is 32.1 Å². The third-order valence-electron chi connectivity index (χ3n) is 4.16. The summed E-state index contributed by atoms with van der Waals surface area (Å²) in [6.45, 7) is 0.752. The average Bonchev–Trinajstić information content (AvgIpc) is 3.10. The van der Waals surface area contributed by atoms with Gasteiger partial charge in [0.1, 0.15) is 5.82 Å². The van der Waals surface area contributed by atoms with E-state index in [-0.39, 0.29) is 5.41 Å².